The van der Waals surface area contributed by atoms with Crippen LogP contribution in [0, 0.1) is 22.7 Å². The molecule has 0 bridgehead atoms. The molecule has 0 saturated carbocycles. The molecule has 0 aliphatic rings. The summed E-state index contributed by atoms with van der Waals surface area (Å²) in [6, 6.07) is 4.07. The molecule has 0 radical (unpaired) electrons. The van der Waals surface area contributed by atoms with E-state index in [9.17, 15) is 4.79 Å². The molecule has 0 spiro atoms. The summed E-state index contributed by atoms with van der Waals surface area (Å²) in [7, 11) is 3.59. The van der Waals surface area contributed by atoms with E-state index in [1.165, 1.54) is 0 Å². The molecule has 0 atom stereocenters. The van der Waals surface area contributed by atoms with Gasteiger partial charge in [0, 0.05) is 39.5 Å². The molecule has 0 saturated heterocycles. The molecule has 0 aromatic heterocycles. The van der Waals surface area contributed by atoms with Gasteiger partial charge in [-0.2, -0.15) is 10.5 Å². The molecule has 0 aromatic rings. The number of amides is 1. The summed E-state index contributed by atoms with van der Waals surface area (Å²) in [5.41, 5.74) is 0. The van der Waals surface area contributed by atoms with Crippen molar-refractivity contribution in [3.8, 4) is 12.1 Å². The summed E-state index contributed by atoms with van der Waals surface area (Å²) >= 11 is 0. The largest absolute Gasteiger partial charge is 0.345 e. The molecule has 5 heteroatoms. The van der Waals surface area contributed by atoms with Crippen molar-refractivity contribution >= 4 is 5.91 Å². The molecule has 0 N–H and O–H groups in total. The first-order valence-electron chi connectivity index (χ1n) is 5.28. The minimum absolute atomic E-state index is 0.0408. The highest BCUT2D eigenvalue weighted by atomic mass is 16.2. The van der Waals surface area contributed by atoms with Crippen LogP contribution in [0.15, 0.2) is 0 Å². The zero-order valence-corrected chi connectivity index (χ0v) is 9.94. The van der Waals surface area contributed by atoms with Crippen molar-refractivity contribution in [2.75, 3.05) is 33.7 Å². The van der Waals surface area contributed by atoms with Crippen molar-refractivity contribution in [3.05, 3.63) is 0 Å². The summed E-state index contributed by atoms with van der Waals surface area (Å²) in [5.74, 6) is 0.0408. The molecule has 0 rings (SSSR count). The molecule has 0 aromatic carbocycles. The Morgan fingerprint density at radius 3 is 2.19 bits per heavy atom. The summed E-state index contributed by atoms with van der Waals surface area (Å²) in [6.45, 7) is 1.82. The van der Waals surface area contributed by atoms with Crippen molar-refractivity contribution in [2.24, 2.45) is 0 Å². The smallest absolute Gasteiger partial charge is 0.223 e. The average Bonchev–Trinajstić information content (AvgIpc) is 2.30. The lowest BCUT2D eigenvalue weighted by atomic mass is 10.3. The molecule has 88 valence electrons. The van der Waals surface area contributed by atoms with Crippen molar-refractivity contribution in [1.82, 2.24) is 9.80 Å². The minimum atomic E-state index is 0.0408. The Balaban J connectivity index is 3.72. The van der Waals surface area contributed by atoms with Crippen LogP contribution >= 0.6 is 0 Å². The molecule has 0 unspecified atom stereocenters. The van der Waals surface area contributed by atoms with Crippen molar-refractivity contribution < 1.29 is 4.79 Å². The number of rotatable bonds is 7. The van der Waals surface area contributed by atoms with Crippen molar-refractivity contribution in [1.29, 1.82) is 10.5 Å². The van der Waals surface area contributed by atoms with Crippen LogP contribution < -0.4 is 0 Å². The Hall–Kier alpha value is -1.59. The van der Waals surface area contributed by atoms with Gasteiger partial charge in [0.2, 0.25) is 5.91 Å². The molecule has 5 nitrogen and oxygen atoms in total. The predicted molar refractivity (Wildman–Crippen MR) is 60.2 cm³/mol. The predicted octanol–water partition coefficient (Wildman–Crippen LogP) is 0.594. The highest BCUT2D eigenvalue weighted by Gasteiger charge is 2.09. The Morgan fingerprint density at radius 2 is 1.62 bits per heavy atom. The van der Waals surface area contributed by atoms with Crippen LogP contribution in [-0.2, 0) is 4.79 Å². The fourth-order valence-electron chi connectivity index (χ4n) is 1.17. The first kappa shape index (κ1) is 14.4. The van der Waals surface area contributed by atoms with Gasteiger partial charge in [0.25, 0.3) is 0 Å². The van der Waals surface area contributed by atoms with Gasteiger partial charge in [0.05, 0.1) is 18.6 Å². The van der Waals surface area contributed by atoms with Gasteiger partial charge >= 0.3 is 0 Å². The van der Waals surface area contributed by atoms with Crippen LogP contribution in [0.5, 0.6) is 0 Å². The number of carbonyl (C=O) groups is 1. The van der Waals surface area contributed by atoms with Gasteiger partial charge in [-0.15, -0.1) is 0 Å². The maximum absolute atomic E-state index is 11.6. The third-order valence-corrected chi connectivity index (χ3v) is 2.30. The molecule has 16 heavy (non-hydrogen) atoms. The highest BCUT2D eigenvalue weighted by molar-refractivity contribution is 5.76. The fourth-order valence-corrected chi connectivity index (χ4v) is 1.17. The van der Waals surface area contributed by atoms with Gasteiger partial charge in [-0.3, -0.25) is 4.79 Å². The van der Waals surface area contributed by atoms with E-state index in [4.69, 9.17) is 10.5 Å². The maximum atomic E-state index is 11.6. The molecule has 1 amide bonds. The maximum Gasteiger partial charge on any atom is 0.223 e. The normalized spacial score (nSPS) is 9.56. The molecular weight excluding hydrogens is 204 g/mol. The lowest BCUT2D eigenvalue weighted by molar-refractivity contribution is -0.130. The second-order valence-corrected chi connectivity index (χ2v) is 3.68. The second kappa shape index (κ2) is 8.70. The van der Waals surface area contributed by atoms with Gasteiger partial charge < -0.3 is 9.80 Å². The molecular formula is C11H18N4O. The van der Waals surface area contributed by atoms with E-state index in [1.807, 2.05) is 18.0 Å². The lowest BCUT2D eigenvalue weighted by Gasteiger charge is -2.18. The van der Waals surface area contributed by atoms with Gasteiger partial charge in [-0.1, -0.05) is 0 Å². The molecule has 0 aliphatic carbocycles. The molecule has 0 fully saturated rings. The Labute approximate surface area is 96.9 Å². The first-order valence-corrected chi connectivity index (χ1v) is 5.28. The zero-order valence-electron chi connectivity index (χ0n) is 9.94. The second-order valence-electron chi connectivity index (χ2n) is 3.68. The van der Waals surface area contributed by atoms with Gasteiger partial charge in [0.15, 0.2) is 0 Å². The molecule has 0 heterocycles. The zero-order chi connectivity index (χ0) is 12.4. The first-order chi connectivity index (χ1) is 7.61. The topological polar surface area (TPSA) is 71.1 Å². The number of nitriles is 2. The SMILES string of the molecule is CN(CCC#N)CCC(=O)N(C)CCC#N. The van der Waals surface area contributed by atoms with Crippen molar-refractivity contribution in [3.63, 3.8) is 0 Å². The number of hydrogen-bond donors (Lipinski definition) is 0. The Kier molecular flexibility index (Phi) is 7.83. The van der Waals surface area contributed by atoms with E-state index >= 15 is 0 Å². The van der Waals surface area contributed by atoms with Crippen LogP contribution in [-0.4, -0.2) is 49.4 Å². The van der Waals surface area contributed by atoms with Crippen LogP contribution in [0.25, 0.3) is 0 Å². The summed E-state index contributed by atoms with van der Waals surface area (Å²) in [6.07, 6.45) is 1.28. The minimum Gasteiger partial charge on any atom is -0.345 e. The van der Waals surface area contributed by atoms with Crippen LogP contribution in [0.3, 0.4) is 0 Å². The monoisotopic (exact) mass is 222 g/mol. The van der Waals surface area contributed by atoms with Crippen molar-refractivity contribution in [2.45, 2.75) is 19.3 Å². The van der Waals surface area contributed by atoms with E-state index in [1.54, 1.807) is 11.9 Å². The third kappa shape index (κ3) is 6.80. The Morgan fingerprint density at radius 1 is 1.06 bits per heavy atom. The highest BCUT2D eigenvalue weighted by Crippen LogP contribution is 1.95. The Bertz CT molecular complexity index is 289. The fraction of sp³-hybridized carbons (Fsp3) is 0.727. The van der Waals surface area contributed by atoms with E-state index in [2.05, 4.69) is 6.07 Å². The van der Waals surface area contributed by atoms with E-state index in [0.29, 0.717) is 38.9 Å². The number of hydrogen-bond acceptors (Lipinski definition) is 4. The average molecular weight is 222 g/mol. The van der Waals surface area contributed by atoms with E-state index < -0.39 is 0 Å². The van der Waals surface area contributed by atoms with Crippen LogP contribution in [0.2, 0.25) is 0 Å². The standard InChI is InChI=1S/C11H18N4O/c1-14(8-3-6-12)10-5-11(16)15(2)9-4-7-13/h3-5,8-10H2,1-2H3. The van der Waals surface area contributed by atoms with Gasteiger partial charge in [0.1, 0.15) is 0 Å². The van der Waals surface area contributed by atoms with Gasteiger partial charge in [-0.05, 0) is 7.05 Å². The van der Waals surface area contributed by atoms with Crippen LogP contribution in [0.4, 0.5) is 0 Å². The van der Waals surface area contributed by atoms with E-state index in [0.717, 1.165) is 0 Å². The number of carbonyl (C=O) groups excluding carboxylic acids is 1. The van der Waals surface area contributed by atoms with Gasteiger partial charge in [-0.25, -0.2) is 0 Å². The summed E-state index contributed by atoms with van der Waals surface area (Å²) < 4.78 is 0. The summed E-state index contributed by atoms with van der Waals surface area (Å²) in [4.78, 5) is 15.1. The summed E-state index contributed by atoms with van der Waals surface area (Å²) in [5, 5.41) is 16.8. The number of nitrogens with zero attached hydrogens (tertiary/aromatic N) is 4. The van der Waals surface area contributed by atoms with E-state index in [-0.39, 0.29) is 5.91 Å². The lowest BCUT2D eigenvalue weighted by Crippen LogP contribution is -2.31. The molecule has 0 aliphatic heterocycles. The van der Waals surface area contributed by atoms with Crippen LogP contribution in [0.1, 0.15) is 19.3 Å². The third-order valence-electron chi connectivity index (χ3n) is 2.30. The quantitative estimate of drug-likeness (QED) is 0.632.